The summed E-state index contributed by atoms with van der Waals surface area (Å²) in [6, 6.07) is 21.9. The lowest BCUT2D eigenvalue weighted by Gasteiger charge is -2.25. The van der Waals surface area contributed by atoms with Crippen molar-refractivity contribution in [1.82, 2.24) is 14.7 Å². The number of rotatable bonds is 6. The Balaban J connectivity index is 1.58. The van der Waals surface area contributed by atoms with Gasteiger partial charge in [0.1, 0.15) is 18.1 Å². The van der Waals surface area contributed by atoms with Gasteiger partial charge < -0.3 is 9.64 Å². The zero-order valence-electron chi connectivity index (χ0n) is 21.1. The fourth-order valence-corrected chi connectivity index (χ4v) is 7.27. The highest BCUT2D eigenvalue weighted by Crippen LogP contribution is 2.49. The summed E-state index contributed by atoms with van der Waals surface area (Å²) in [5.74, 6) is 1.57. The summed E-state index contributed by atoms with van der Waals surface area (Å²) >= 11 is 3.27. The summed E-state index contributed by atoms with van der Waals surface area (Å²) in [5, 5.41) is 7.10. The molecule has 0 radical (unpaired) electrons. The molecule has 4 aromatic rings. The molecule has 2 aromatic carbocycles. The predicted octanol–water partition coefficient (Wildman–Crippen LogP) is 5.40. The van der Waals surface area contributed by atoms with Crippen molar-refractivity contribution >= 4 is 40.7 Å². The van der Waals surface area contributed by atoms with Gasteiger partial charge in [-0.25, -0.2) is 4.68 Å². The summed E-state index contributed by atoms with van der Waals surface area (Å²) in [5.41, 5.74) is 3.54. The van der Waals surface area contributed by atoms with E-state index in [0.29, 0.717) is 5.82 Å². The van der Waals surface area contributed by atoms with Crippen LogP contribution in [0.25, 0.3) is 16.9 Å². The van der Waals surface area contributed by atoms with Gasteiger partial charge in [-0.15, -0.1) is 23.1 Å². The molecule has 2 aromatic heterocycles. The van der Waals surface area contributed by atoms with E-state index >= 15 is 0 Å². The summed E-state index contributed by atoms with van der Waals surface area (Å²) in [6.45, 7) is 1.49. The Hall–Kier alpha value is -3.56. The van der Waals surface area contributed by atoms with Crippen LogP contribution in [0, 0.1) is 0 Å². The van der Waals surface area contributed by atoms with Crippen molar-refractivity contribution in [1.29, 1.82) is 0 Å². The van der Waals surface area contributed by atoms with Crippen LogP contribution in [0.2, 0.25) is 0 Å². The predicted molar refractivity (Wildman–Crippen MR) is 152 cm³/mol. The van der Waals surface area contributed by atoms with Gasteiger partial charge in [0.2, 0.25) is 11.8 Å². The number of likely N-dealkylation sites (tertiary alicyclic amines) is 1. The maximum absolute atomic E-state index is 13.7. The van der Waals surface area contributed by atoms with Gasteiger partial charge in [0.15, 0.2) is 0 Å². The smallest absolute Gasteiger partial charge is 0.242 e. The standard InChI is InChI=1S/C29H28N4O3S2/c1-36-22-13-11-21(12-14-22)33-29-26(27(30-33)20-8-3-2-4-9-20)28(23-10-7-17-37-23)38-19-25(35)32(29)18-24(34)31-15-5-6-16-31/h2-4,7-14,17,28H,5-6,15-16,18-19H2,1H3/t28-/m1/s1. The fourth-order valence-electron chi connectivity index (χ4n) is 5.10. The summed E-state index contributed by atoms with van der Waals surface area (Å²) < 4.78 is 7.21. The van der Waals surface area contributed by atoms with Crippen LogP contribution in [-0.4, -0.2) is 59.0 Å². The van der Waals surface area contributed by atoms with Crippen LogP contribution >= 0.6 is 23.1 Å². The number of carbonyl (C=O) groups excluding carboxylic acids is 2. The van der Waals surface area contributed by atoms with Crippen LogP contribution in [0.1, 0.15) is 28.5 Å². The summed E-state index contributed by atoms with van der Waals surface area (Å²) in [4.78, 5) is 31.8. The minimum atomic E-state index is -0.0944. The third-order valence-electron chi connectivity index (χ3n) is 7.01. The number of aromatic nitrogens is 2. The van der Waals surface area contributed by atoms with E-state index in [1.165, 1.54) is 0 Å². The largest absolute Gasteiger partial charge is 0.497 e. The average molecular weight is 545 g/mol. The number of ether oxygens (including phenoxy) is 1. The Bertz CT molecular complexity index is 1430. The first-order valence-corrected chi connectivity index (χ1v) is 14.6. The molecule has 0 bridgehead atoms. The number of thiophene rings is 1. The number of amides is 2. The first-order chi connectivity index (χ1) is 18.6. The lowest BCUT2D eigenvalue weighted by Crippen LogP contribution is -2.43. The third kappa shape index (κ3) is 4.61. The van der Waals surface area contributed by atoms with Gasteiger partial charge in [-0.3, -0.25) is 14.5 Å². The molecule has 0 saturated carbocycles. The number of anilines is 1. The molecule has 6 rings (SSSR count). The average Bonchev–Trinajstić information content (AvgIpc) is 3.73. The molecule has 0 spiro atoms. The molecule has 4 heterocycles. The lowest BCUT2D eigenvalue weighted by atomic mass is 10.0. The van der Waals surface area contributed by atoms with Gasteiger partial charge in [0.05, 0.1) is 29.5 Å². The van der Waals surface area contributed by atoms with Crippen LogP contribution in [0.15, 0.2) is 72.1 Å². The first kappa shape index (κ1) is 24.8. The van der Waals surface area contributed by atoms with Gasteiger partial charge in [-0.2, -0.15) is 5.10 Å². The minimum absolute atomic E-state index is 0.000366. The molecule has 194 valence electrons. The number of carbonyl (C=O) groups is 2. The monoisotopic (exact) mass is 544 g/mol. The highest BCUT2D eigenvalue weighted by Gasteiger charge is 2.38. The number of fused-ring (bicyclic) bond motifs is 1. The Morgan fingerprint density at radius 3 is 2.47 bits per heavy atom. The van der Waals surface area contributed by atoms with Crippen LogP contribution in [0.5, 0.6) is 5.75 Å². The highest BCUT2D eigenvalue weighted by molar-refractivity contribution is 8.00. The molecule has 1 atom stereocenters. The third-order valence-corrected chi connectivity index (χ3v) is 9.33. The van der Waals surface area contributed by atoms with Crippen molar-refractivity contribution < 1.29 is 14.3 Å². The maximum atomic E-state index is 13.7. The molecule has 7 nitrogen and oxygen atoms in total. The molecule has 2 aliphatic rings. The molecule has 2 aliphatic heterocycles. The molecule has 2 amide bonds. The number of hydrogen-bond donors (Lipinski definition) is 0. The molecule has 9 heteroatoms. The highest BCUT2D eigenvalue weighted by atomic mass is 32.2. The Morgan fingerprint density at radius 1 is 1.03 bits per heavy atom. The summed E-state index contributed by atoms with van der Waals surface area (Å²) in [6.07, 6.45) is 2.01. The van der Waals surface area contributed by atoms with E-state index in [9.17, 15) is 9.59 Å². The molecular formula is C29H28N4O3S2. The molecule has 1 fully saturated rings. The lowest BCUT2D eigenvalue weighted by molar-refractivity contribution is -0.130. The van der Waals surface area contributed by atoms with Crippen molar-refractivity contribution in [2.75, 3.05) is 37.4 Å². The molecule has 0 unspecified atom stereocenters. The van der Waals surface area contributed by atoms with Gasteiger partial charge in [0, 0.05) is 29.1 Å². The van der Waals surface area contributed by atoms with E-state index in [-0.39, 0.29) is 29.4 Å². The Kier molecular flexibility index (Phi) is 6.95. The Labute approximate surface area is 230 Å². The normalized spacial score (nSPS) is 17.4. The Morgan fingerprint density at radius 2 is 1.79 bits per heavy atom. The maximum Gasteiger partial charge on any atom is 0.242 e. The zero-order chi connectivity index (χ0) is 26.1. The van der Waals surface area contributed by atoms with Crippen LogP contribution in [0.3, 0.4) is 0 Å². The van der Waals surface area contributed by atoms with Gasteiger partial charge in [0.25, 0.3) is 0 Å². The number of nitrogens with zero attached hydrogens (tertiary/aromatic N) is 4. The second kappa shape index (κ2) is 10.7. The molecular weight excluding hydrogens is 516 g/mol. The van der Waals surface area contributed by atoms with Crippen molar-refractivity contribution in [2.24, 2.45) is 0 Å². The molecule has 0 N–H and O–H groups in total. The number of methoxy groups -OCH3 is 1. The second-order valence-corrected chi connectivity index (χ2v) is 11.4. The van der Waals surface area contributed by atoms with Gasteiger partial charge >= 0.3 is 0 Å². The van der Waals surface area contributed by atoms with E-state index < -0.39 is 0 Å². The quantitative estimate of drug-likeness (QED) is 0.325. The van der Waals surface area contributed by atoms with E-state index in [1.807, 2.05) is 70.2 Å². The van der Waals surface area contributed by atoms with E-state index in [2.05, 4.69) is 11.4 Å². The van der Waals surface area contributed by atoms with Crippen LogP contribution in [0.4, 0.5) is 5.82 Å². The van der Waals surface area contributed by atoms with Crippen molar-refractivity contribution in [3.63, 3.8) is 0 Å². The van der Waals surface area contributed by atoms with Crippen molar-refractivity contribution in [3.8, 4) is 22.7 Å². The van der Waals surface area contributed by atoms with E-state index in [0.717, 1.165) is 59.1 Å². The van der Waals surface area contributed by atoms with Crippen LogP contribution < -0.4 is 9.64 Å². The number of thioether (sulfide) groups is 1. The zero-order valence-corrected chi connectivity index (χ0v) is 22.7. The van der Waals surface area contributed by atoms with Crippen molar-refractivity contribution in [3.05, 3.63) is 82.6 Å². The SMILES string of the molecule is COc1ccc(-n2nc(-c3ccccc3)c3c2N(CC(=O)N2CCCC2)C(=O)CS[C@@H]3c2cccs2)cc1. The fraction of sp³-hybridized carbons (Fsp3) is 0.276. The summed E-state index contributed by atoms with van der Waals surface area (Å²) in [7, 11) is 1.63. The molecule has 0 aliphatic carbocycles. The van der Waals surface area contributed by atoms with Gasteiger partial charge in [-0.05, 0) is 48.6 Å². The minimum Gasteiger partial charge on any atom is -0.497 e. The first-order valence-electron chi connectivity index (χ1n) is 12.7. The second-order valence-electron chi connectivity index (χ2n) is 9.34. The van der Waals surface area contributed by atoms with E-state index in [4.69, 9.17) is 9.84 Å². The van der Waals surface area contributed by atoms with Crippen LogP contribution in [-0.2, 0) is 9.59 Å². The number of hydrogen-bond acceptors (Lipinski definition) is 6. The van der Waals surface area contributed by atoms with Gasteiger partial charge in [-0.1, -0.05) is 36.4 Å². The number of benzene rings is 2. The topological polar surface area (TPSA) is 67.7 Å². The van der Waals surface area contributed by atoms with E-state index in [1.54, 1.807) is 35.1 Å². The molecule has 1 saturated heterocycles. The molecule has 38 heavy (non-hydrogen) atoms. The van der Waals surface area contributed by atoms with Crippen molar-refractivity contribution in [2.45, 2.75) is 18.1 Å².